The second kappa shape index (κ2) is 2.81. The predicted molar refractivity (Wildman–Crippen MR) is 30.0 cm³/mol. The lowest BCUT2D eigenvalue weighted by Crippen LogP contribution is -2.33. The van der Waals surface area contributed by atoms with Gasteiger partial charge in [-0.1, -0.05) is 0 Å². The first-order chi connectivity index (χ1) is 4.66. The molecule has 0 aliphatic carbocycles. The molecule has 1 heterocycles. The van der Waals surface area contributed by atoms with Gasteiger partial charge < -0.3 is 25.2 Å². The average Bonchev–Trinajstić information content (AvgIpc) is 2.17. The Kier molecular flexibility index (Phi) is 2.22. The number of hydrogen-bond acceptors (Lipinski definition) is 5. The molecule has 4 N–H and O–H groups in total. The minimum Gasteiger partial charge on any atom is -0.394 e. The number of rotatable bonds is 1. The third-order valence-corrected chi connectivity index (χ3v) is 1.52. The lowest BCUT2D eigenvalue weighted by atomic mass is 10.3. The molecule has 0 spiro atoms. The van der Waals surface area contributed by atoms with E-state index in [9.17, 15) is 0 Å². The summed E-state index contributed by atoms with van der Waals surface area (Å²) < 4.78 is 4.54. The summed E-state index contributed by atoms with van der Waals surface area (Å²) in [5, 5.41) is 35.0. The fourth-order valence-corrected chi connectivity index (χ4v) is 0.880. The molecule has 5 nitrogen and oxygen atoms in total. The Morgan fingerprint density at radius 1 is 1.10 bits per heavy atom. The average molecular weight is 151 g/mol. The SMILES string of the molecule is OC[C@H]1OC(O)[13C@H](O)[C@H]1O. The van der Waals surface area contributed by atoms with E-state index in [1.807, 2.05) is 0 Å². The van der Waals surface area contributed by atoms with E-state index in [-0.39, 0.29) is 0 Å². The molecule has 0 aromatic carbocycles. The second-order valence-electron chi connectivity index (χ2n) is 2.23. The maximum atomic E-state index is 8.93. The van der Waals surface area contributed by atoms with Crippen LogP contribution in [0.2, 0.25) is 0 Å². The highest BCUT2D eigenvalue weighted by Gasteiger charge is 2.41. The number of hydrogen-bond donors (Lipinski definition) is 4. The fraction of sp³-hybridized carbons (Fsp3) is 1.00. The normalized spacial score (nSPS) is 48.0. The lowest BCUT2D eigenvalue weighted by molar-refractivity contribution is -0.132. The van der Waals surface area contributed by atoms with Crippen LogP contribution in [-0.4, -0.2) is 51.6 Å². The van der Waals surface area contributed by atoms with E-state index in [4.69, 9.17) is 20.4 Å². The van der Waals surface area contributed by atoms with Gasteiger partial charge in [-0.05, 0) is 0 Å². The van der Waals surface area contributed by atoms with Crippen LogP contribution in [0.1, 0.15) is 0 Å². The first-order valence-electron chi connectivity index (χ1n) is 2.97. The molecule has 1 saturated heterocycles. The molecule has 1 fully saturated rings. The zero-order valence-corrected chi connectivity index (χ0v) is 5.21. The molecule has 0 aromatic rings. The molecule has 5 heteroatoms. The first-order valence-corrected chi connectivity index (χ1v) is 2.97. The van der Waals surface area contributed by atoms with Crippen LogP contribution < -0.4 is 0 Å². The van der Waals surface area contributed by atoms with Crippen LogP contribution in [0.5, 0.6) is 0 Å². The van der Waals surface area contributed by atoms with Gasteiger partial charge in [0.1, 0.15) is 18.3 Å². The van der Waals surface area contributed by atoms with Gasteiger partial charge in [0.2, 0.25) is 0 Å². The Morgan fingerprint density at radius 3 is 1.90 bits per heavy atom. The Hall–Kier alpha value is -0.200. The largest absolute Gasteiger partial charge is 0.394 e. The van der Waals surface area contributed by atoms with Gasteiger partial charge in [-0.25, -0.2) is 0 Å². The van der Waals surface area contributed by atoms with E-state index in [2.05, 4.69) is 4.74 Å². The topological polar surface area (TPSA) is 90.2 Å². The molecular formula is C5H10O5. The van der Waals surface area contributed by atoms with Crippen molar-refractivity contribution in [1.29, 1.82) is 0 Å². The number of aliphatic hydroxyl groups is 4. The van der Waals surface area contributed by atoms with Crippen molar-refractivity contribution in [1.82, 2.24) is 0 Å². The van der Waals surface area contributed by atoms with E-state index < -0.39 is 31.2 Å². The van der Waals surface area contributed by atoms with Gasteiger partial charge in [0.25, 0.3) is 0 Å². The molecule has 1 aliphatic heterocycles. The monoisotopic (exact) mass is 151 g/mol. The molecule has 1 aliphatic rings. The zero-order chi connectivity index (χ0) is 7.72. The van der Waals surface area contributed by atoms with Gasteiger partial charge in [0.15, 0.2) is 6.29 Å². The van der Waals surface area contributed by atoms with Crippen molar-refractivity contribution < 1.29 is 25.2 Å². The summed E-state index contributed by atoms with van der Waals surface area (Å²) in [7, 11) is 0. The number of aliphatic hydroxyl groups excluding tert-OH is 4. The van der Waals surface area contributed by atoms with Crippen molar-refractivity contribution in [2.75, 3.05) is 6.61 Å². The van der Waals surface area contributed by atoms with Crippen LogP contribution in [0.4, 0.5) is 0 Å². The molecule has 0 bridgehead atoms. The molecule has 10 heavy (non-hydrogen) atoms. The summed E-state index contributed by atoms with van der Waals surface area (Å²) in [6, 6.07) is 0. The van der Waals surface area contributed by atoms with Crippen LogP contribution in [0.25, 0.3) is 0 Å². The van der Waals surface area contributed by atoms with E-state index in [1.54, 1.807) is 0 Å². The number of ether oxygens (including phenoxy) is 1. The highest BCUT2D eigenvalue weighted by molar-refractivity contribution is 4.84. The van der Waals surface area contributed by atoms with Gasteiger partial charge in [0.05, 0.1) is 6.61 Å². The van der Waals surface area contributed by atoms with Gasteiger partial charge in [0, 0.05) is 0 Å². The van der Waals surface area contributed by atoms with E-state index in [1.165, 1.54) is 0 Å². The summed E-state index contributed by atoms with van der Waals surface area (Å²) >= 11 is 0. The van der Waals surface area contributed by atoms with Crippen LogP contribution in [0, 0.1) is 0 Å². The molecule has 1 unspecified atom stereocenters. The van der Waals surface area contributed by atoms with E-state index >= 15 is 0 Å². The van der Waals surface area contributed by atoms with Crippen LogP contribution in [-0.2, 0) is 4.74 Å². The van der Waals surface area contributed by atoms with Crippen molar-refractivity contribution >= 4 is 0 Å². The third-order valence-electron chi connectivity index (χ3n) is 1.52. The summed E-state index contributed by atoms with van der Waals surface area (Å²) in [6.45, 7) is -0.407. The molecule has 0 aromatic heterocycles. The maximum Gasteiger partial charge on any atom is 0.184 e. The van der Waals surface area contributed by atoms with Gasteiger partial charge in [-0.2, -0.15) is 0 Å². The van der Waals surface area contributed by atoms with Crippen molar-refractivity contribution in [2.24, 2.45) is 0 Å². The molecule has 0 amide bonds. The molecule has 1 rings (SSSR count). The van der Waals surface area contributed by atoms with E-state index in [0.29, 0.717) is 0 Å². The Labute approximate surface area is 57.5 Å². The summed E-state index contributed by atoms with van der Waals surface area (Å²) in [5.74, 6) is 0. The van der Waals surface area contributed by atoms with Crippen molar-refractivity contribution in [3.8, 4) is 0 Å². The van der Waals surface area contributed by atoms with Gasteiger partial charge >= 0.3 is 0 Å². The summed E-state index contributed by atoms with van der Waals surface area (Å²) in [4.78, 5) is 0. The van der Waals surface area contributed by atoms with Crippen LogP contribution in [0.3, 0.4) is 0 Å². The standard InChI is InChI=1S/C5H10O5/c6-1-2-3(7)4(8)5(9)10-2/h2-9H,1H2/t2-,3+,4-,5?/m1/s1/i4+1. The predicted octanol–water partition coefficient (Wildman–Crippen LogP) is -2.58. The summed E-state index contributed by atoms with van der Waals surface area (Å²) in [6.07, 6.45) is -4.76. The third kappa shape index (κ3) is 1.14. The molecule has 0 radical (unpaired) electrons. The Morgan fingerprint density at radius 2 is 1.70 bits per heavy atom. The van der Waals surface area contributed by atoms with Crippen molar-refractivity contribution in [2.45, 2.75) is 24.6 Å². The second-order valence-corrected chi connectivity index (χ2v) is 2.23. The quantitative estimate of drug-likeness (QED) is 0.309. The fourth-order valence-electron chi connectivity index (χ4n) is 0.880. The van der Waals surface area contributed by atoms with Crippen molar-refractivity contribution in [3.05, 3.63) is 0 Å². The smallest absolute Gasteiger partial charge is 0.184 e. The van der Waals surface area contributed by atoms with Crippen molar-refractivity contribution in [3.63, 3.8) is 0 Å². The van der Waals surface area contributed by atoms with Crippen LogP contribution >= 0.6 is 0 Å². The molecule has 60 valence electrons. The zero-order valence-electron chi connectivity index (χ0n) is 5.21. The van der Waals surface area contributed by atoms with Crippen LogP contribution in [0.15, 0.2) is 0 Å². The minimum atomic E-state index is -1.38. The highest BCUT2D eigenvalue weighted by Crippen LogP contribution is 2.18. The van der Waals surface area contributed by atoms with Gasteiger partial charge in [-0.15, -0.1) is 0 Å². The van der Waals surface area contributed by atoms with Gasteiger partial charge in [-0.3, -0.25) is 0 Å². The Bertz CT molecular complexity index is 117. The highest BCUT2D eigenvalue weighted by atomic mass is 16.7. The minimum absolute atomic E-state index is 0.407. The molecule has 0 saturated carbocycles. The lowest BCUT2D eigenvalue weighted by Gasteiger charge is -2.09. The van der Waals surface area contributed by atoms with E-state index in [0.717, 1.165) is 0 Å². The Balaban J connectivity index is 2.53. The summed E-state index contributed by atoms with van der Waals surface area (Å²) in [5.41, 5.74) is 0. The first kappa shape index (κ1) is 7.90. The maximum absolute atomic E-state index is 8.93. The molecule has 4 atom stereocenters. The molecular weight excluding hydrogens is 141 g/mol.